The van der Waals surface area contributed by atoms with Gasteiger partial charge in [-0.1, -0.05) is 29.0 Å². The summed E-state index contributed by atoms with van der Waals surface area (Å²) in [5.41, 5.74) is 0.701. The molecule has 0 spiro atoms. The average Bonchev–Trinajstić information content (AvgIpc) is 2.57. The van der Waals surface area contributed by atoms with Crippen molar-refractivity contribution in [2.75, 3.05) is 0 Å². The van der Waals surface area contributed by atoms with Crippen LogP contribution in [0.1, 0.15) is 0 Å². The van der Waals surface area contributed by atoms with E-state index in [1.54, 1.807) is 6.07 Å². The molecule has 6 heteroatoms. The molecule has 0 saturated carbocycles. The van der Waals surface area contributed by atoms with E-state index in [2.05, 4.69) is 32.8 Å². The van der Waals surface area contributed by atoms with Gasteiger partial charge in [0.25, 0.3) is 0 Å². The fourth-order valence-corrected chi connectivity index (χ4v) is 2.37. The Bertz CT molecular complexity index is 474. The molecule has 0 N–H and O–H groups in total. The molecule has 14 heavy (non-hydrogen) atoms. The Morgan fingerprint density at radius 1 is 1.36 bits per heavy atom. The standard InChI is InChI=1S/C8H3ClFIN2S/c9-5-2-1-4(3-6(5)10)7-12-13-8(11)14-7/h1-3H. The molecule has 0 unspecified atom stereocenters. The highest BCUT2D eigenvalue weighted by Gasteiger charge is 2.07. The summed E-state index contributed by atoms with van der Waals surface area (Å²) in [7, 11) is 0. The second kappa shape index (κ2) is 4.08. The Morgan fingerprint density at radius 3 is 2.71 bits per heavy atom. The number of halogens is 3. The molecule has 0 aliphatic heterocycles. The first kappa shape index (κ1) is 10.3. The van der Waals surface area contributed by atoms with Gasteiger partial charge in [0.2, 0.25) is 0 Å². The lowest BCUT2D eigenvalue weighted by molar-refractivity contribution is 0.629. The summed E-state index contributed by atoms with van der Waals surface area (Å²) in [6.07, 6.45) is 0. The van der Waals surface area contributed by atoms with Gasteiger partial charge in [-0.05, 0) is 34.7 Å². The van der Waals surface area contributed by atoms with Crippen LogP contribution in [-0.2, 0) is 0 Å². The van der Waals surface area contributed by atoms with Crippen LogP contribution >= 0.6 is 45.5 Å². The molecular formula is C8H3ClFIN2S. The quantitative estimate of drug-likeness (QED) is 0.741. The number of hydrogen-bond donors (Lipinski definition) is 0. The Labute approximate surface area is 102 Å². The van der Waals surface area contributed by atoms with Gasteiger partial charge in [-0.15, -0.1) is 10.2 Å². The third-order valence-corrected chi connectivity index (χ3v) is 3.51. The maximum absolute atomic E-state index is 13.1. The van der Waals surface area contributed by atoms with Crippen molar-refractivity contribution in [2.45, 2.75) is 0 Å². The number of hydrogen-bond acceptors (Lipinski definition) is 3. The molecule has 1 aromatic carbocycles. The minimum absolute atomic E-state index is 0.118. The van der Waals surface area contributed by atoms with Crippen molar-refractivity contribution in [1.82, 2.24) is 10.2 Å². The van der Waals surface area contributed by atoms with E-state index in [1.165, 1.54) is 23.5 Å². The van der Waals surface area contributed by atoms with Gasteiger partial charge < -0.3 is 0 Å². The molecule has 1 heterocycles. The van der Waals surface area contributed by atoms with Gasteiger partial charge >= 0.3 is 0 Å². The zero-order valence-electron chi connectivity index (χ0n) is 6.67. The SMILES string of the molecule is Fc1cc(-c2nnc(I)s2)ccc1Cl. The molecule has 2 nitrogen and oxygen atoms in total. The van der Waals surface area contributed by atoms with Crippen LogP contribution in [0.25, 0.3) is 10.6 Å². The zero-order chi connectivity index (χ0) is 10.1. The van der Waals surface area contributed by atoms with Crippen LogP contribution in [0.15, 0.2) is 18.2 Å². The third-order valence-electron chi connectivity index (χ3n) is 1.57. The molecule has 1 aromatic heterocycles. The van der Waals surface area contributed by atoms with E-state index in [0.717, 1.165) is 3.01 Å². The van der Waals surface area contributed by atoms with Crippen LogP contribution in [0.4, 0.5) is 4.39 Å². The number of rotatable bonds is 1. The second-order valence-electron chi connectivity index (χ2n) is 2.49. The first-order valence-corrected chi connectivity index (χ1v) is 5.88. The van der Waals surface area contributed by atoms with Crippen molar-refractivity contribution in [3.63, 3.8) is 0 Å². The Morgan fingerprint density at radius 2 is 2.14 bits per heavy atom. The third kappa shape index (κ3) is 2.04. The lowest BCUT2D eigenvalue weighted by Gasteiger charge is -1.96. The predicted molar refractivity (Wildman–Crippen MR) is 63.0 cm³/mol. The Balaban J connectivity index is 2.47. The zero-order valence-corrected chi connectivity index (χ0v) is 10.4. The molecule has 0 aliphatic carbocycles. The molecule has 72 valence electrons. The Kier molecular flexibility index (Phi) is 2.99. The molecular weight excluding hydrogens is 338 g/mol. The molecule has 2 aromatic rings. The van der Waals surface area contributed by atoms with Crippen LogP contribution in [0.5, 0.6) is 0 Å². The van der Waals surface area contributed by atoms with E-state index in [-0.39, 0.29) is 5.02 Å². The van der Waals surface area contributed by atoms with E-state index in [4.69, 9.17) is 11.6 Å². The highest BCUT2D eigenvalue weighted by Crippen LogP contribution is 2.27. The van der Waals surface area contributed by atoms with E-state index < -0.39 is 5.82 Å². The fourth-order valence-electron chi connectivity index (χ4n) is 0.951. The van der Waals surface area contributed by atoms with Gasteiger partial charge in [0, 0.05) is 5.56 Å². The fraction of sp³-hybridized carbons (Fsp3) is 0. The largest absolute Gasteiger partial charge is 0.205 e. The summed E-state index contributed by atoms with van der Waals surface area (Å²) in [6.45, 7) is 0. The van der Waals surface area contributed by atoms with Crippen LogP contribution in [-0.4, -0.2) is 10.2 Å². The monoisotopic (exact) mass is 340 g/mol. The number of aromatic nitrogens is 2. The summed E-state index contributed by atoms with van der Waals surface area (Å²) in [4.78, 5) is 0. The Hall–Kier alpha value is -0.270. The molecule has 2 rings (SSSR count). The van der Waals surface area contributed by atoms with Crippen LogP contribution in [0, 0.1) is 8.83 Å². The molecule has 0 aliphatic rings. The van der Waals surface area contributed by atoms with Crippen LogP contribution in [0.3, 0.4) is 0 Å². The first-order valence-electron chi connectivity index (χ1n) is 3.61. The lowest BCUT2D eigenvalue weighted by Crippen LogP contribution is -1.80. The summed E-state index contributed by atoms with van der Waals surface area (Å²) >= 11 is 9.04. The van der Waals surface area contributed by atoms with E-state index >= 15 is 0 Å². The smallest absolute Gasteiger partial charge is 0.178 e. The number of nitrogens with zero attached hydrogens (tertiary/aromatic N) is 2. The summed E-state index contributed by atoms with van der Waals surface area (Å²) in [5, 5.41) is 8.57. The van der Waals surface area contributed by atoms with E-state index in [1.807, 2.05) is 0 Å². The molecule has 0 radical (unpaired) electrons. The van der Waals surface area contributed by atoms with Crippen molar-refractivity contribution >= 4 is 45.5 Å². The van der Waals surface area contributed by atoms with Gasteiger partial charge in [-0.25, -0.2) is 4.39 Å². The second-order valence-corrected chi connectivity index (χ2v) is 5.63. The minimum Gasteiger partial charge on any atom is -0.205 e. The molecule has 0 bridgehead atoms. The molecule has 0 atom stereocenters. The van der Waals surface area contributed by atoms with E-state index in [9.17, 15) is 4.39 Å². The number of benzene rings is 1. The first-order chi connectivity index (χ1) is 6.66. The van der Waals surface area contributed by atoms with Crippen molar-refractivity contribution in [3.8, 4) is 10.6 Å². The maximum Gasteiger partial charge on any atom is 0.178 e. The van der Waals surface area contributed by atoms with Gasteiger partial charge in [0.1, 0.15) is 10.8 Å². The van der Waals surface area contributed by atoms with E-state index in [0.29, 0.717) is 10.6 Å². The summed E-state index contributed by atoms with van der Waals surface area (Å²) in [6, 6.07) is 4.60. The van der Waals surface area contributed by atoms with Gasteiger partial charge in [0.15, 0.2) is 3.01 Å². The van der Waals surface area contributed by atoms with Gasteiger partial charge in [-0.3, -0.25) is 0 Å². The average molecular weight is 341 g/mol. The summed E-state index contributed by atoms with van der Waals surface area (Å²) in [5.74, 6) is -0.436. The lowest BCUT2D eigenvalue weighted by atomic mass is 10.2. The topological polar surface area (TPSA) is 25.8 Å². The van der Waals surface area contributed by atoms with Gasteiger partial charge in [-0.2, -0.15) is 0 Å². The van der Waals surface area contributed by atoms with Crippen molar-refractivity contribution in [3.05, 3.63) is 32.1 Å². The van der Waals surface area contributed by atoms with Gasteiger partial charge in [0.05, 0.1) is 5.02 Å². The van der Waals surface area contributed by atoms with Crippen molar-refractivity contribution in [1.29, 1.82) is 0 Å². The van der Waals surface area contributed by atoms with Crippen LogP contribution in [0.2, 0.25) is 5.02 Å². The van der Waals surface area contributed by atoms with Crippen molar-refractivity contribution < 1.29 is 4.39 Å². The van der Waals surface area contributed by atoms with Crippen LogP contribution < -0.4 is 0 Å². The molecule has 0 amide bonds. The normalized spacial score (nSPS) is 10.5. The maximum atomic E-state index is 13.1. The van der Waals surface area contributed by atoms with Crippen molar-refractivity contribution in [2.24, 2.45) is 0 Å². The highest BCUT2D eigenvalue weighted by atomic mass is 127. The molecule has 0 saturated heterocycles. The highest BCUT2D eigenvalue weighted by molar-refractivity contribution is 14.1. The minimum atomic E-state index is -0.436. The predicted octanol–water partition coefficient (Wildman–Crippen LogP) is 3.60. The molecule has 0 fully saturated rings. The summed E-state index contributed by atoms with van der Waals surface area (Å²) < 4.78 is 13.9.